The van der Waals surface area contributed by atoms with Crippen molar-refractivity contribution in [3.05, 3.63) is 257 Å². The molecule has 0 unspecified atom stereocenters. The third kappa shape index (κ3) is 5.63. The standard InChI is InChI=1S/C58H41N5/c59-56(47-30-18-29-44-42-26-11-14-31-48(42)58(54(44)47,40-22-6-2-7-23-40)41-24-8-3-9-25-41)62-57(38-19-4-1-5-20-38)60-37-39-21-10-16-33-51(39)63-52-34-17-13-27-43(52)45-35-36-50-53(55(45)63)46-28-12-15-32-49(46)61-50/h1-36,61H,37H2,(H2,59,60,62). The zero-order valence-corrected chi connectivity index (χ0v) is 34.4. The van der Waals surface area contributed by atoms with E-state index in [-0.39, 0.29) is 0 Å². The van der Waals surface area contributed by atoms with E-state index in [1.807, 2.05) is 18.2 Å². The Kier molecular flexibility index (Phi) is 8.54. The van der Waals surface area contributed by atoms with E-state index < -0.39 is 5.41 Å². The summed E-state index contributed by atoms with van der Waals surface area (Å²) in [4.78, 5) is 14.4. The molecule has 63 heavy (non-hydrogen) atoms. The molecule has 0 fully saturated rings. The maximum absolute atomic E-state index is 7.37. The molecule has 2 heterocycles. The van der Waals surface area contributed by atoms with Crippen LogP contribution >= 0.6 is 0 Å². The number of benzene rings is 9. The van der Waals surface area contributed by atoms with E-state index >= 15 is 0 Å². The van der Waals surface area contributed by atoms with Crippen LogP contribution in [0.25, 0.3) is 60.4 Å². The van der Waals surface area contributed by atoms with Crippen molar-refractivity contribution in [2.75, 3.05) is 0 Å². The molecular weight excluding hydrogens is 767 g/mol. The smallest absolute Gasteiger partial charge is 0.157 e. The van der Waals surface area contributed by atoms with Crippen molar-refractivity contribution >= 4 is 55.3 Å². The molecule has 5 nitrogen and oxygen atoms in total. The first-order valence-electron chi connectivity index (χ1n) is 21.5. The van der Waals surface area contributed by atoms with E-state index in [2.05, 4.69) is 210 Å². The minimum Gasteiger partial charge on any atom is -0.383 e. The van der Waals surface area contributed by atoms with Crippen molar-refractivity contribution in [1.29, 1.82) is 0 Å². The molecule has 1 aliphatic rings. The van der Waals surface area contributed by atoms with Crippen LogP contribution in [0.5, 0.6) is 0 Å². The summed E-state index contributed by atoms with van der Waals surface area (Å²) in [5, 5.41) is 4.83. The number of nitrogens with two attached hydrogens (primary N) is 1. The van der Waals surface area contributed by atoms with E-state index in [1.54, 1.807) is 0 Å². The number of hydrogen-bond donors (Lipinski definition) is 2. The molecule has 0 aliphatic heterocycles. The number of nitrogens with one attached hydrogen (secondary N) is 1. The SMILES string of the molecule is N/C(=N\C(=N/Cc1ccccc1-n1c2ccccc2c2ccc3[nH]c4ccccc4c3c21)c1ccccc1)c1cccc2c1C(c1ccccc1)(c1ccccc1)c1ccccc1-2. The molecule has 11 aromatic rings. The van der Waals surface area contributed by atoms with Crippen LogP contribution in [0.4, 0.5) is 0 Å². The topological polar surface area (TPSA) is 71.5 Å². The molecule has 12 rings (SSSR count). The summed E-state index contributed by atoms with van der Waals surface area (Å²) >= 11 is 0. The van der Waals surface area contributed by atoms with Gasteiger partial charge in [-0.3, -0.25) is 4.99 Å². The quantitative estimate of drug-likeness (QED) is 0.122. The Morgan fingerprint density at radius 3 is 1.95 bits per heavy atom. The Balaban J connectivity index is 1.05. The Morgan fingerprint density at radius 1 is 0.524 bits per heavy atom. The molecule has 9 aromatic carbocycles. The predicted octanol–water partition coefficient (Wildman–Crippen LogP) is 13.1. The number of rotatable bonds is 7. The lowest BCUT2D eigenvalue weighted by molar-refractivity contribution is 0.766. The van der Waals surface area contributed by atoms with E-state index in [0.717, 1.165) is 50.1 Å². The second kappa shape index (κ2) is 14.7. The predicted molar refractivity (Wildman–Crippen MR) is 261 cm³/mol. The molecule has 0 saturated heterocycles. The summed E-state index contributed by atoms with van der Waals surface area (Å²) < 4.78 is 2.43. The van der Waals surface area contributed by atoms with Crippen LogP contribution in [0.1, 0.15) is 38.9 Å². The average molecular weight is 808 g/mol. The van der Waals surface area contributed by atoms with Crippen molar-refractivity contribution in [2.45, 2.75) is 12.0 Å². The normalized spacial score (nSPS) is 13.5. The first kappa shape index (κ1) is 36.6. The number of nitrogens with zero attached hydrogens (tertiary/aromatic N) is 3. The van der Waals surface area contributed by atoms with Gasteiger partial charge >= 0.3 is 0 Å². The lowest BCUT2D eigenvalue weighted by Gasteiger charge is -2.35. The number of aromatic nitrogens is 2. The summed E-state index contributed by atoms with van der Waals surface area (Å²) in [6.07, 6.45) is 0. The first-order valence-corrected chi connectivity index (χ1v) is 21.5. The van der Waals surface area contributed by atoms with Gasteiger partial charge in [0.15, 0.2) is 5.84 Å². The van der Waals surface area contributed by atoms with Crippen molar-refractivity contribution in [3.8, 4) is 16.8 Å². The molecule has 298 valence electrons. The minimum atomic E-state index is -0.632. The van der Waals surface area contributed by atoms with E-state index in [0.29, 0.717) is 18.2 Å². The number of aromatic amines is 1. The largest absolute Gasteiger partial charge is 0.383 e. The second-order valence-corrected chi connectivity index (χ2v) is 16.3. The molecular formula is C58H41N5. The van der Waals surface area contributed by atoms with Crippen LogP contribution in [0.2, 0.25) is 0 Å². The van der Waals surface area contributed by atoms with Crippen molar-refractivity contribution in [2.24, 2.45) is 15.7 Å². The summed E-state index contributed by atoms with van der Waals surface area (Å²) in [6.45, 7) is 0.380. The fourth-order valence-electron chi connectivity index (χ4n) is 10.3. The molecule has 2 aromatic heterocycles. The van der Waals surface area contributed by atoms with Gasteiger partial charge in [0.05, 0.1) is 28.7 Å². The molecule has 0 atom stereocenters. The van der Waals surface area contributed by atoms with E-state index in [4.69, 9.17) is 15.7 Å². The van der Waals surface area contributed by atoms with Crippen LogP contribution in [-0.2, 0) is 12.0 Å². The number of aliphatic imine (C=N–C) groups is 2. The summed E-state index contributed by atoms with van der Waals surface area (Å²) in [6, 6.07) is 77.3. The Hall–Kier alpha value is -8.28. The van der Waals surface area contributed by atoms with Gasteiger partial charge in [-0.05, 0) is 63.2 Å². The Labute approximate surface area is 365 Å². The maximum atomic E-state index is 7.37. The molecule has 0 amide bonds. The van der Waals surface area contributed by atoms with Gasteiger partial charge in [0.2, 0.25) is 0 Å². The molecule has 0 saturated carbocycles. The second-order valence-electron chi connectivity index (χ2n) is 16.3. The number of para-hydroxylation sites is 3. The van der Waals surface area contributed by atoms with Crippen molar-refractivity contribution in [1.82, 2.24) is 9.55 Å². The molecule has 0 radical (unpaired) electrons. The van der Waals surface area contributed by atoms with Gasteiger partial charge in [0.1, 0.15) is 5.84 Å². The number of fused-ring (bicyclic) bond motifs is 10. The maximum Gasteiger partial charge on any atom is 0.157 e. The molecule has 1 aliphatic carbocycles. The van der Waals surface area contributed by atoms with Gasteiger partial charge in [-0.1, -0.05) is 194 Å². The third-order valence-electron chi connectivity index (χ3n) is 12.9. The zero-order valence-electron chi connectivity index (χ0n) is 34.4. The monoisotopic (exact) mass is 807 g/mol. The first-order chi connectivity index (χ1) is 31.2. The Morgan fingerprint density at radius 2 is 1.16 bits per heavy atom. The van der Waals surface area contributed by atoms with E-state index in [9.17, 15) is 0 Å². The highest BCUT2D eigenvalue weighted by atomic mass is 15.0. The summed E-state index contributed by atoms with van der Waals surface area (Å²) in [5.74, 6) is 0.984. The van der Waals surface area contributed by atoms with Gasteiger partial charge in [-0.2, -0.15) is 0 Å². The summed E-state index contributed by atoms with van der Waals surface area (Å²) in [5.41, 5.74) is 22.2. The average Bonchev–Trinajstić information content (AvgIpc) is 4.00. The fourth-order valence-corrected chi connectivity index (χ4v) is 10.3. The highest BCUT2D eigenvalue weighted by Gasteiger charge is 2.47. The summed E-state index contributed by atoms with van der Waals surface area (Å²) in [7, 11) is 0. The number of amidine groups is 2. The number of H-pyrrole nitrogens is 1. The third-order valence-corrected chi connectivity index (χ3v) is 12.9. The lowest BCUT2D eigenvalue weighted by atomic mass is 9.66. The number of hydrogen-bond acceptors (Lipinski definition) is 1. The van der Waals surface area contributed by atoms with Gasteiger partial charge in [0.25, 0.3) is 0 Å². The van der Waals surface area contributed by atoms with Gasteiger partial charge in [-0.25, -0.2) is 4.99 Å². The van der Waals surface area contributed by atoms with Gasteiger partial charge < -0.3 is 15.3 Å². The fraction of sp³-hybridized carbons (Fsp3) is 0.0345. The van der Waals surface area contributed by atoms with E-state index in [1.165, 1.54) is 49.3 Å². The molecule has 0 spiro atoms. The Bertz CT molecular complexity index is 3560. The van der Waals surface area contributed by atoms with Crippen molar-refractivity contribution in [3.63, 3.8) is 0 Å². The van der Waals surface area contributed by atoms with Gasteiger partial charge in [-0.15, -0.1) is 0 Å². The molecule has 3 N–H and O–H groups in total. The lowest BCUT2D eigenvalue weighted by Crippen LogP contribution is -2.32. The highest BCUT2D eigenvalue weighted by molar-refractivity contribution is 6.25. The zero-order chi connectivity index (χ0) is 41.9. The van der Waals surface area contributed by atoms with Crippen LogP contribution in [0.15, 0.2) is 228 Å². The van der Waals surface area contributed by atoms with Crippen LogP contribution in [-0.4, -0.2) is 21.2 Å². The van der Waals surface area contributed by atoms with Crippen LogP contribution in [0.3, 0.4) is 0 Å². The molecule has 0 bridgehead atoms. The van der Waals surface area contributed by atoms with Crippen LogP contribution in [0, 0.1) is 0 Å². The minimum absolute atomic E-state index is 0.380. The van der Waals surface area contributed by atoms with Crippen molar-refractivity contribution < 1.29 is 0 Å². The highest BCUT2D eigenvalue weighted by Crippen LogP contribution is 2.57. The molecule has 5 heteroatoms. The van der Waals surface area contributed by atoms with Crippen LogP contribution < -0.4 is 5.73 Å². The van der Waals surface area contributed by atoms with Gasteiger partial charge in [0, 0.05) is 43.7 Å².